The van der Waals surface area contributed by atoms with Crippen molar-refractivity contribution in [2.75, 3.05) is 5.73 Å². The van der Waals surface area contributed by atoms with Crippen molar-refractivity contribution in [2.24, 2.45) is 0 Å². The summed E-state index contributed by atoms with van der Waals surface area (Å²) in [6.45, 7) is 0. The second-order valence-corrected chi connectivity index (χ2v) is 4.03. The van der Waals surface area contributed by atoms with Crippen LogP contribution in [0.1, 0.15) is 5.56 Å². The van der Waals surface area contributed by atoms with E-state index in [1.807, 2.05) is 11.4 Å². The molecule has 64 valence electrons. The van der Waals surface area contributed by atoms with Crippen molar-refractivity contribution in [3.05, 3.63) is 23.1 Å². The molecule has 0 saturated heterocycles. The molecule has 0 unspecified atom stereocenters. The Morgan fingerprint density at radius 1 is 1.54 bits per heavy atom. The molecule has 0 fully saturated rings. The summed E-state index contributed by atoms with van der Waals surface area (Å²) >= 11 is 5.80. The van der Waals surface area contributed by atoms with Gasteiger partial charge in [-0.15, -0.1) is 24.0 Å². The van der Waals surface area contributed by atoms with E-state index in [-0.39, 0.29) is 0 Å². The fraction of sp³-hybridized carbons (Fsp3) is 0. The first-order valence-corrected chi connectivity index (χ1v) is 4.95. The van der Waals surface area contributed by atoms with Gasteiger partial charge < -0.3 is 5.73 Å². The second kappa shape index (κ2) is 2.95. The predicted molar refractivity (Wildman–Crippen MR) is 58.2 cm³/mol. The fourth-order valence-corrected chi connectivity index (χ4v) is 2.58. The lowest BCUT2D eigenvalue weighted by molar-refractivity contribution is 1.49. The van der Waals surface area contributed by atoms with Crippen LogP contribution < -0.4 is 5.73 Å². The Kier molecular flexibility index (Phi) is 1.91. The van der Waals surface area contributed by atoms with Crippen molar-refractivity contribution in [1.82, 2.24) is 0 Å². The summed E-state index contributed by atoms with van der Waals surface area (Å²) in [4.78, 5) is 0.827. The second-order valence-electron chi connectivity index (χ2n) is 2.64. The van der Waals surface area contributed by atoms with Crippen LogP contribution in [0.15, 0.2) is 22.4 Å². The smallest absolute Gasteiger partial charge is 0.103 e. The van der Waals surface area contributed by atoms with Crippen molar-refractivity contribution in [2.45, 2.75) is 4.90 Å². The first-order valence-electron chi connectivity index (χ1n) is 3.63. The van der Waals surface area contributed by atoms with Crippen LogP contribution in [0, 0.1) is 11.3 Å². The van der Waals surface area contributed by atoms with Gasteiger partial charge in [0.1, 0.15) is 6.07 Å². The summed E-state index contributed by atoms with van der Waals surface area (Å²) in [5, 5.41) is 11.8. The Bertz CT molecular complexity index is 508. The van der Waals surface area contributed by atoms with Crippen LogP contribution in [0.5, 0.6) is 0 Å². The zero-order valence-electron chi connectivity index (χ0n) is 6.61. The van der Waals surface area contributed by atoms with Crippen LogP contribution in [-0.4, -0.2) is 0 Å². The molecule has 0 spiro atoms. The normalized spacial score (nSPS) is 10.2. The van der Waals surface area contributed by atoms with E-state index >= 15 is 0 Å². The number of benzene rings is 1. The molecule has 4 heteroatoms. The number of nitrogens with two attached hydrogens (primary N) is 1. The van der Waals surface area contributed by atoms with Gasteiger partial charge in [-0.05, 0) is 17.5 Å². The number of nitrogen functional groups attached to an aromatic ring is 1. The molecule has 1 aromatic carbocycles. The van der Waals surface area contributed by atoms with Gasteiger partial charge in [-0.25, -0.2) is 0 Å². The van der Waals surface area contributed by atoms with Crippen LogP contribution in [-0.2, 0) is 0 Å². The summed E-state index contributed by atoms with van der Waals surface area (Å²) in [5.41, 5.74) is 6.75. The highest BCUT2D eigenvalue weighted by atomic mass is 32.1. The average molecular weight is 206 g/mol. The van der Waals surface area contributed by atoms with Gasteiger partial charge in [-0.2, -0.15) is 5.26 Å². The molecule has 13 heavy (non-hydrogen) atoms. The summed E-state index contributed by atoms with van der Waals surface area (Å²) in [6, 6.07) is 5.77. The highest BCUT2D eigenvalue weighted by molar-refractivity contribution is 7.80. The van der Waals surface area contributed by atoms with Crippen LogP contribution in [0.2, 0.25) is 0 Å². The SMILES string of the molecule is N#Cc1c(N)cc(S)c2ccsc12. The van der Waals surface area contributed by atoms with E-state index in [0.29, 0.717) is 11.3 Å². The molecule has 2 rings (SSSR count). The highest BCUT2D eigenvalue weighted by Crippen LogP contribution is 2.33. The van der Waals surface area contributed by atoms with Crippen molar-refractivity contribution in [3.63, 3.8) is 0 Å². The highest BCUT2D eigenvalue weighted by Gasteiger charge is 2.08. The lowest BCUT2D eigenvalue weighted by atomic mass is 10.1. The summed E-state index contributed by atoms with van der Waals surface area (Å²) in [5.74, 6) is 0. The number of nitriles is 1. The number of thiophene rings is 1. The molecular formula is C9H6N2S2. The zero-order chi connectivity index (χ0) is 9.42. The van der Waals surface area contributed by atoms with Gasteiger partial charge in [-0.1, -0.05) is 0 Å². The van der Waals surface area contributed by atoms with Crippen LogP contribution >= 0.6 is 24.0 Å². The number of thiol groups is 1. The van der Waals surface area contributed by atoms with Crippen molar-refractivity contribution in [3.8, 4) is 6.07 Å². The number of hydrogen-bond donors (Lipinski definition) is 2. The Labute approximate surface area is 85.0 Å². The molecule has 0 radical (unpaired) electrons. The maximum absolute atomic E-state index is 8.88. The Hall–Kier alpha value is -1.18. The van der Waals surface area contributed by atoms with Crippen molar-refractivity contribution < 1.29 is 0 Å². The molecule has 0 saturated carbocycles. The molecule has 2 nitrogen and oxygen atoms in total. The lowest BCUT2D eigenvalue weighted by Gasteiger charge is -2.01. The Balaban J connectivity index is 2.99. The minimum atomic E-state index is 0.502. The van der Waals surface area contributed by atoms with E-state index < -0.39 is 0 Å². The van der Waals surface area contributed by atoms with Gasteiger partial charge in [0.05, 0.1) is 16.0 Å². The fourth-order valence-electron chi connectivity index (χ4n) is 1.25. The van der Waals surface area contributed by atoms with E-state index in [4.69, 9.17) is 11.0 Å². The van der Waals surface area contributed by atoms with Gasteiger partial charge in [0, 0.05) is 10.3 Å². The number of hydrogen-bond acceptors (Lipinski definition) is 4. The maximum atomic E-state index is 8.88. The molecule has 0 atom stereocenters. The molecule has 2 N–H and O–H groups in total. The predicted octanol–water partition coefficient (Wildman–Crippen LogP) is 2.64. The van der Waals surface area contributed by atoms with E-state index in [0.717, 1.165) is 15.0 Å². The molecule has 0 amide bonds. The molecule has 2 aromatic rings. The lowest BCUT2D eigenvalue weighted by Crippen LogP contribution is -1.90. The third-order valence-corrected chi connectivity index (χ3v) is 3.16. The van der Waals surface area contributed by atoms with Crippen LogP contribution in [0.25, 0.3) is 10.1 Å². The minimum absolute atomic E-state index is 0.502. The van der Waals surface area contributed by atoms with Gasteiger partial charge in [0.25, 0.3) is 0 Å². The minimum Gasteiger partial charge on any atom is -0.398 e. The van der Waals surface area contributed by atoms with Crippen molar-refractivity contribution >= 4 is 39.7 Å². The number of anilines is 1. The van der Waals surface area contributed by atoms with Gasteiger partial charge >= 0.3 is 0 Å². The van der Waals surface area contributed by atoms with Crippen LogP contribution in [0.3, 0.4) is 0 Å². The zero-order valence-corrected chi connectivity index (χ0v) is 8.32. The Morgan fingerprint density at radius 3 is 3.00 bits per heavy atom. The van der Waals surface area contributed by atoms with Gasteiger partial charge in [0.2, 0.25) is 0 Å². The third-order valence-electron chi connectivity index (χ3n) is 1.86. The quantitative estimate of drug-likeness (QED) is 0.514. The largest absolute Gasteiger partial charge is 0.398 e. The molecule has 1 heterocycles. The molecule has 0 aliphatic carbocycles. The monoisotopic (exact) mass is 206 g/mol. The third kappa shape index (κ3) is 1.17. The Morgan fingerprint density at radius 2 is 2.31 bits per heavy atom. The first-order chi connectivity index (χ1) is 6.24. The van der Waals surface area contributed by atoms with Gasteiger partial charge in [0.15, 0.2) is 0 Å². The molecule has 1 aromatic heterocycles. The van der Waals surface area contributed by atoms with Gasteiger partial charge in [-0.3, -0.25) is 0 Å². The summed E-state index contributed by atoms with van der Waals surface area (Å²) < 4.78 is 0.924. The number of nitrogens with zero attached hydrogens (tertiary/aromatic N) is 1. The molecule has 0 aliphatic heterocycles. The number of fused-ring (bicyclic) bond motifs is 1. The van der Waals surface area contributed by atoms with E-state index in [1.165, 1.54) is 11.3 Å². The molecule has 0 aliphatic rings. The maximum Gasteiger partial charge on any atom is 0.103 e. The molecular weight excluding hydrogens is 200 g/mol. The van der Waals surface area contributed by atoms with Crippen LogP contribution in [0.4, 0.5) is 5.69 Å². The summed E-state index contributed by atoms with van der Waals surface area (Å²) in [7, 11) is 0. The van der Waals surface area contributed by atoms with Crippen molar-refractivity contribution in [1.29, 1.82) is 5.26 Å². The van der Waals surface area contributed by atoms with E-state index in [9.17, 15) is 0 Å². The van der Waals surface area contributed by atoms with E-state index in [2.05, 4.69) is 18.7 Å². The first kappa shape index (κ1) is 8.42. The van der Waals surface area contributed by atoms with E-state index in [1.54, 1.807) is 6.07 Å². The average Bonchev–Trinajstić information content (AvgIpc) is 2.53. The number of rotatable bonds is 0. The molecule has 0 bridgehead atoms. The topological polar surface area (TPSA) is 49.8 Å². The summed E-state index contributed by atoms with van der Waals surface area (Å²) in [6.07, 6.45) is 0. The standard InChI is InChI=1S/C9H6N2S2/c10-4-6-7(11)3-8(12)5-1-2-13-9(5)6/h1-3,12H,11H2.